The van der Waals surface area contributed by atoms with Crippen molar-refractivity contribution >= 4 is 30.7 Å². The van der Waals surface area contributed by atoms with Crippen molar-refractivity contribution in [1.82, 2.24) is 24.6 Å². The zero-order chi connectivity index (χ0) is 28.3. The van der Waals surface area contributed by atoms with Gasteiger partial charge in [0.05, 0.1) is 12.4 Å². The molecular formula is C25H33N6O8P. The number of nitrogen functional groups attached to an aromatic ring is 1. The van der Waals surface area contributed by atoms with E-state index in [1.54, 1.807) is 30.3 Å². The Morgan fingerprint density at radius 1 is 1.18 bits per heavy atom. The lowest BCUT2D eigenvalue weighted by molar-refractivity contribution is -0.149. The van der Waals surface area contributed by atoms with Gasteiger partial charge in [0.2, 0.25) is 0 Å². The van der Waals surface area contributed by atoms with Crippen LogP contribution in [0, 0.1) is 0 Å². The molecule has 1 saturated carbocycles. The highest BCUT2D eigenvalue weighted by atomic mass is 31.2. The molecule has 0 amide bonds. The monoisotopic (exact) mass is 576 g/mol. The van der Waals surface area contributed by atoms with E-state index in [4.69, 9.17) is 24.3 Å². The molecule has 15 heteroatoms. The number of rotatable bonds is 10. The number of para-hydroxylation sites is 1. The maximum Gasteiger partial charge on any atom is 0.459 e. The Bertz CT molecular complexity index is 1350. The summed E-state index contributed by atoms with van der Waals surface area (Å²) in [5, 5.41) is 24.2. The predicted octanol–water partition coefficient (Wildman–Crippen LogP) is 2.09. The Morgan fingerprint density at radius 3 is 2.67 bits per heavy atom. The third kappa shape index (κ3) is 6.27. The molecule has 6 unspecified atom stereocenters. The average molecular weight is 577 g/mol. The van der Waals surface area contributed by atoms with Gasteiger partial charge >= 0.3 is 13.7 Å². The number of nitrogens with two attached hydrogens (primary N) is 1. The molecule has 2 fully saturated rings. The van der Waals surface area contributed by atoms with Gasteiger partial charge in [-0.1, -0.05) is 24.6 Å². The van der Waals surface area contributed by atoms with Gasteiger partial charge in [0, 0.05) is 0 Å². The molecule has 3 aromatic rings. The Balaban J connectivity index is 1.29. The fraction of sp³-hybridized carbons (Fsp3) is 0.520. The second kappa shape index (κ2) is 12.2. The van der Waals surface area contributed by atoms with Crippen LogP contribution in [-0.2, 0) is 23.4 Å². The molecule has 3 heterocycles. The summed E-state index contributed by atoms with van der Waals surface area (Å²) < 4.78 is 38.2. The smallest absolute Gasteiger partial charge is 0.459 e. The third-order valence-electron chi connectivity index (χ3n) is 6.94. The number of fused-ring (bicyclic) bond motifs is 1. The SMILES string of the molecule is CC(OP(=O)(NCC(=O)OC1CCCCC1)Oc1ccccc1)C1OC(n2cnc3c(N)ncnc32)C(O)C1O. The van der Waals surface area contributed by atoms with Crippen molar-refractivity contribution in [3.63, 3.8) is 0 Å². The van der Waals surface area contributed by atoms with Gasteiger partial charge in [-0.3, -0.25) is 13.9 Å². The predicted molar refractivity (Wildman–Crippen MR) is 142 cm³/mol. The first kappa shape index (κ1) is 28.4. The molecule has 0 bridgehead atoms. The molecule has 14 nitrogen and oxygen atoms in total. The molecule has 1 aromatic carbocycles. The molecule has 1 aliphatic carbocycles. The first-order valence-electron chi connectivity index (χ1n) is 13.2. The number of nitrogens with one attached hydrogen (secondary N) is 1. The number of hydrogen-bond donors (Lipinski definition) is 4. The van der Waals surface area contributed by atoms with Crippen LogP contribution >= 0.6 is 7.75 Å². The van der Waals surface area contributed by atoms with Gasteiger partial charge in [-0.25, -0.2) is 24.6 Å². The zero-order valence-corrected chi connectivity index (χ0v) is 22.8. The maximum atomic E-state index is 13.8. The molecule has 0 radical (unpaired) electrons. The largest absolute Gasteiger partial charge is 0.461 e. The highest BCUT2D eigenvalue weighted by molar-refractivity contribution is 7.52. The first-order valence-corrected chi connectivity index (χ1v) is 14.7. The molecule has 2 aromatic heterocycles. The number of hydrogen-bond acceptors (Lipinski definition) is 12. The van der Waals surface area contributed by atoms with Gasteiger partial charge in [0.15, 0.2) is 17.7 Å². The lowest BCUT2D eigenvalue weighted by Gasteiger charge is -2.27. The van der Waals surface area contributed by atoms with E-state index in [0.29, 0.717) is 11.2 Å². The van der Waals surface area contributed by atoms with E-state index in [2.05, 4.69) is 20.0 Å². The number of aromatic nitrogens is 4. The minimum Gasteiger partial charge on any atom is -0.461 e. The van der Waals surface area contributed by atoms with Gasteiger partial charge in [0.1, 0.15) is 48.6 Å². The summed E-state index contributed by atoms with van der Waals surface area (Å²) in [6.07, 6.45) is 0.993. The number of imidazole rings is 1. The van der Waals surface area contributed by atoms with Gasteiger partial charge in [0.25, 0.3) is 0 Å². The van der Waals surface area contributed by atoms with Crippen LogP contribution in [0.25, 0.3) is 11.2 Å². The highest BCUT2D eigenvalue weighted by Crippen LogP contribution is 2.47. The number of carbonyl (C=O) groups is 1. The Labute approximate surface area is 230 Å². The summed E-state index contributed by atoms with van der Waals surface area (Å²) >= 11 is 0. The number of benzene rings is 1. The minimum atomic E-state index is -4.21. The Morgan fingerprint density at radius 2 is 1.93 bits per heavy atom. The van der Waals surface area contributed by atoms with Gasteiger partial charge in [-0.05, 0) is 44.7 Å². The van der Waals surface area contributed by atoms with E-state index in [0.717, 1.165) is 32.1 Å². The summed E-state index contributed by atoms with van der Waals surface area (Å²) in [7, 11) is -4.21. The van der Waals surface area contributed by atoms with Crippen LogP contribution in [0.3, 0.4) is 0 Å². The number of esters is 1. The average Bonchev–Trinajstić information content (AvgIpc) is 3.50. The number of nitrogens with zero attached hydrogens (tertiary/aromatic N) is 4. The standard InChI is InChI=1S/C25H33N6O8P/c1-15(22-20(33)21(34)25(37-22)31-14-29-19-23(26)27-13-28-24(19)31)38-40(35,39-17-10-6-3-7-11-17)30-12-18(32)36-16-8-4-2-5-9-16/h3,6-7,10-11,13-16,20-22,25,33-34H,2,4-5,8-9,12H2,1H3,(H,30,35)(H2,26,27,28). The van der Waals surface area contributed by atoms with Gasteiger partial charge < -0.3 is 29.9 Å². The number of ether oxygens (including phenoxy) is 2. The fourth-order valence-corrected chi connectivity index (χ4v) is 6.38. The van der Waals surface area contributed by atoms with Crippen molar-refractivity contribution in [3.05, 3.63) is 43.0 Å². The van der Waals surface area contributed by atoms with Gasteiger partial charge in [-0.15, -0.1) is 0 Å². The second-order valence-electron chi connectivity index (χ2n) is 9.85. The minimum absolute atomic E-state index is 0.150. The topological polar surface area (TPSA) is 193 Å². The van der Waals surface area contributed by atoms with Crippen LogP contribution in [0.15, 0.2) is 43.0 Å². The van der Waals surface area contributed by atoms with E-state index >= 15 is 0 Å². The molecular weight excluding hydrogens is 543 g/mol. The first-order chi connectivity index (χ1) is 19.2. The van der Waals surface area contributed by atoms with Crippen LogP contribution in [0.4, 0.5) is 5.82 Å². The highest BCUT2D eigenvalue weighted by Gasteiger charge is 2.49. The summed E-state index contributed by atoms with van der Waals surface area (Å²) in [4.78, 5) is 24.7. The fourth-order valence-electron chi connectivity index (χ4n) is 4.92. The van der Waals surface area contributed by atoms with Crippen molar-refractivity contribution in [1.29, 1.82) is 0 Å². The number of aliphatic hydroxyl groups is 2. The molecule has 40 heavy (non-hydrogen) atoms. The molecule has 6 atom stereocenters. The van der Waals surface area contributed by atoms with Crippen molar-refractivity contribution in [2.24, 2.45) is 0 Å². The van der Waals surface area contributed by atoms with E-state index in [1.807, 2.05) is 0 Å². The van der Waals surface area contributed by atoms with Crippen LogP contribution in [0.2, 0.25) is 0 Å². The van der Waals surface area contributed by atoms with Crippen molar-refractivity contribution in [2.45, 2.75) is 75.8 Å². The Kier molecular flexibility index (Phi) is 8.64. The summed E-state index contributed by atoms with van der Waals surface area (Å²) in [6, 6.07) is 8.31. The quantitative estimate of drug-likeness (QED) is 0.203. The number of aliphatic hydroxyl groups excluding tert-OH is 2. The lowest BCUT2D eigenvalue weighted by Crippen LogP contribution is -2.39. The van der Waals surface area contributed by atoms with E-state index in [9.17, 15) is 19.6 Å². The summed E-state index contributed by atoms with van der Waals surface area (Å²) in [5.41, 5.74) is 6.47. The molecule has 2 aliphatic rings. The third-order valence-corrected chi connectivity index (χ3v) is 8.55. The molecule has 5 N–H and O–H groups in total. The zero-order valence-electron chi connectivity index (χ0n) is 21.9. The van der Waals surface area contributed by atoms with Crippen LogP contribution in [-0.4, -0.2) is 72.8 Å². The second-order valence-corrected chi connectivity index (χ2v) is 11.6. The van der Waals surface area contributed by atoms with Crippen LogP contribution in [0.5, 0.6) is 5.75 Å². The van der Waals surface area contributed by atoms with Crippen molar-refractivity contribution in [3.8, 4) is 5.75 Å². The van der Waals surface area contributed by atoms with Crippen molar-refractivity contribution < 1.29 is 38.1 Å². The normalized spacial score (nSPS) is 25.9. The maximum absolute atomic E-state index is 13.8. The van der Waals surface area contributed by atoms with E-state index in [-0.39, 0.29) is 17.7 Å². The van der Waals surface area contributed by atoms with E-state index < -0.39 is 50.9 Å². The number of carbonyl (C=O) groups excluding carboxylic acids is 1. The lowest BCUT2D eigenvalue weighted by atomic mass is 9.98. The van der Waals surface area contributed by atoms with Crippen LogP contribution < -0.4 is 15.3 Å². The molecule has 216 valence electrons. The van der Waals surface area contributed by atoms with Gasteiger partial charge in [-0.2, -0.15) is 0 Å². The summed E-state index contributed by atoms with van der Waals surface area (Å²) in [6.45, 7) is 1.09. The van der Waals surface area contributed by atoms with E-state index in [1.165, 1.54) is 24.1 Å². The number of anilines is 1. The molecule has 1 saturated heterocycles. The molecule has 1 aliphatic heterocycles. The Hall–Kier alpha value is -3.13. The van der Waals surface area contributed by atoms with Crippen LogP contribution in [0.1, 0.15) is 45.3 Å². The molecule has 5 rings (SSSR count). The van der Waals surface area contributed by atoms with Crippen molar-refractivity contribution in [2.75, 3.05) is 12.3 Å². The summed E-state index contributed by atoms with van der Waals surface area (Å²) in [5.74, 6) is -0.197. The molecule has 0 spiro atoms.